The van der Waals surface area contributed by atoms with E-state index in [-0.39, 0.29) is 5.82 Å². The third-order valence-electron chi connectivity index (χ3n) is 4.80. The van der Waals surface area contributed by atoms with Gasteiger partial charge in [-0.15, -0.1) is 0 Å². The average Bonchev–Trinajstić information content (AvgIpc) is 2.49. The van der Waals surface area contributed by atoms with Gasteiger partial charge in [-0.05, 0) is 61.9 Å². The number of hydrogen-bond donors (Lipinski definition) is 1. The summed E-state index contributed by atoms with van der Waals surface area (Å²) in [5.74, 6) is 0.754. The highest BCUT2D eigenvalue weighted by Crippen LogP contribution is 2.28. The molecule has 2 rings (SSSR count). The second kappa shape index (κ2) is 8.53. The molecule has 118 valence electrons. The third-order valence-corrected chi connectivity index (χ3v) is 4.80. The van der Waals surface area contributed by atoms with Gasteiger partial charge in [0.2, 0.25) is 0 Å². The summed E-state index contributed by atoms with van der Waals surface area (Å²) in [6.45, 7) is 5.36. The number of aryl methyl sites for hydroxylation is 1. The van der Waals surface area contributed by atoms with Crippen LogP contribution in [-0.4, -0.2) is 12.6 Å². The average molecular weight is 291 g/mol. The summed E-state index contributed by atoms with van der Waals surface area (Å²) in [5, 5.41) is 3.69. The molecule has 21 heavy (non-hydrogen) atoms. The molecule has 1 aliphatic carbocycles. The minimum Gasteiger partial charge on any atom is -0.314 e. The van der Waals surface area contributed by atoms with Crippen molar-refractivity contribution in [1.29, 1.82) is 0 Å². The molecule has 1 fully saturated rings. The van der Waals surface area contributed by atoms with Gasteiger partial charge < -0.3 is 5.32 Å². The van der Waals surface area contributed by atoms with Gasteiger partial charge in [-0.2, -0.15) is 0 Å². The molecule has 1 N–H and O–H groups in total. The zero-order chi connectivity index (χ0) is 15.1. The SMILES string of the molecule is CCCNC(Cc1cc(F)ccc1C)CC1CCCCC1. The first-order chi connectivity index (χ1) is 10.2. The van der Waals surface area contributed by atoms with Gasteiger partial charge in [-0.1, -0.05) is 45.1 Å². The van der Waals surface area contributed by atoms with E-state index < -0.39 is 0 Å². The van der Waals surface area contributed by atoms with Crippen LogP contribution >= 0.6 is 0 Å². The van der Waals surface area contributed by atoms with Crippen LogP contribution in [0.5, 0.6) is 0 Å². The molecule has 1 unspecified atom stereocenters. The van der Waals surface area contributed by atoms with Gasteiger partial charge in [0, 0.05) is 6.04 Å². The molecule has 0 saturated heterocycles. The van der Waals surface area contributed by atoms with Gasteiger partial charge >= 0.3 is 0 Å². The highest BCUT2D eigenvalue weighted by Gasteiger charge is 2.19. The summed E-state index contributed by atoms with van der Waals surface area (Å²) in [6.07, 6.45) is 10.3. The smallest absolute Gasteiger partial charge is 0.123 e. The molecule has 0 radical (unpaired) electrons. The van der Waals surface area contributed by atoms with Crippen LogP contribution in [0, 0.1) is 18.7 Å². The number of benzene rings is 1. The maximum absolute atomic E-state index is 13.5. The second-order valence-electron chi connectivity index (χ2n) is 6.67. The van der Waals surface area contributed by atoms with Crippen molar-refractivity contribution >= 4 is 0 Å². The molecule has 0 heterocycles. The Kier molecular flexibility index (Phi) is 6.69. The van der Waals surface area contributed by atoms with E-state index in [1.807, 2.05) is 6.07 Å². The Bertz CT molecular complexity index is 424. The molecule has 1 saturated carbocycles. The molecular weight excluding hydrogens is 261 g/mol. The molecule has 1 aromatic rings. The van der Waals surface area contributed by atoms with E-state index in [1.165, 1.54) is 49.7 Å². The van der Waals surface area contributed by atoms with Crippen LogP contribution < -0.4 is 5.32 Å². The lowest BCUT2D eigenvalue weighted by molar-refractivity contribution is 0.296. The van der Waals surface area contributed by atoms with Crippen molar-refractivity contribution in [3.8, 4) is 0 Å². The largest absolute Gasteiger partial charge is 0.314 e. The first-order valence-electron chi connectivity index (χ1n) is 8.67. The Morgan fingerprint density at radius 3 is 2.71 bits per heavy atom. The highest BCUT2D eigenvalue weighted by molar-refractivity contribution is 5.27. The molecule has 0 bridgehead atoms. The molecule has 0 amide bonds. The molecule has 0 spiro atoms. The van der Waals surface area contributed by atoms with Crippen molar-refractivity contribution < 1.29 is 4.39 Å². The van der Waals surface area contributed by atoms with Gasteiger partial charge in [0.25, 0.3) is 0 Å². The van der Waals surface area contributed by atoms with E-state index >= 15 is 0 Å². The van der Waals surface area contributed by atoms with Crippen molar-refractivity contribution in [1.82, 2.24) is 5.32 Å². The maximum Gasteiger partial charge on any atom is 0.123 e. The van der Waals surface area contributed by atoms with E-state index in [2.05, 4.69) is 19.2 Å². The molecule has 1 aliphatic rings. The third kappa shape index (κ3) is 5.43. The molecule has 1 atom stereocenters. The fourth-order valence-corrected chi connectivity index (χ4v) is 3.54. The zero-order valence-electron chi connectivity index (χ0n) is 13.6. The standard InChI is InChI=1S/C19H30FN/c1-3-11-21-19(12-16-7-5-4-6-8-16)14-17-13-18(20)10-9-15(17)2/h9-10,13,16,19,21H,3-8,11-12,14H2,1-2H3. The van der Waals surface area contributed by atoms with Crippen molar-refractivity contribution in [3.63, 3.8) is 0 Å². The van der Waals surface area contributed by atoms with Crippen LogP contribution in [-0.2, 0) is 6.42 Å². The van der Waals surface area contributed by atoms with Crippen LogP contribution in [0.2, 0.25) is 0 Å². The minimum absolute atomic E-state index is 0.109. The van der Waals surface area contributed by atoms with Crippen LogP contribution in [0.1, 0.15) is 63.0 Å². The molecule has 1 aromatic carbocycles. The zero-order valence-corrected chi connectivity index (χ0v) is 13.6. The number of halogens is 1. The summed E-state index contributed by atoms with van der Waals surface area (Å²) in [4.78, 5) is 0. The Labute approximate surface area is 129 Å². The Balaban J connectivity index is 1.98. The summed E-state index contributed by atoms with van der Waals surface area (Å²) in [6, 6.07) is 5.68. The summed E-state index contributed by atoms with van der Waals surface area (Å²) >= 11 is 0. The van der Waals surface area contributed by atoms with E-state index in [1.54, 1.807) is 12.1 Å². The minimum atomic E-state index is -0.109. The molecule has 0 aromatic heterocycles. The fourth-order valence-electron chi connectivity index (χ4n) is 3.54. The predicted molar refractivity (Wildman–Crippen MR) is 88.1 cm³/mol. The fraction of sp³-hybridized carbons (Fsp3) is 0.684. The van der Waals surface area contributed by atoms with E-state index in [4.69, 9.17) is 0 Å². The van der Waals surface area contributed by atoms with Gasteiger partial charge in [0.1, 0.15) is 5.82 Å². The lowest BCUT2D eigenvalue weighted by Gasteiger charge is -2.27. The molecule has 2 heteroatoms. The number of hydrogen-bond acceptors (Lipinski definition) is 1. The summed E-state index contributed by atoms with van der Waals surface area (Å²) in [5.41, 5.74) is 2.38. The van der Waals surface area contributed by atoms with Gasteiger partial charge in [-0.3, -0.25) is 0 Å². The molecule has 0 aliphatic heterocycles. The van der Waals surface area contributed by atoms with Crippen molar-refractivity contribution in [2.24, 2.45) is 5.92 Å². The quantitative estimate of drug-likeness (QED) is 0.744. The van der Waals surface area contributed by atoms with Crippen LogP contribution in [0.15, 0.2) is 18.2 Å². The van der Waals surface area contributed by atoms with Crippen LogP contribution in [0.3, 0.4) is 0 Å². The van der Waals surface area contributed by atoms with Crippen molar-refractivity contribution in [3.05, 3.63) is 35.1 Å². The highest BCUT2D eigenvalue weighted by atomic mass is 19.1. The number of nitrogens with one attached hydrogen (secondary N) is 1. The lowest BCUT2D eigenvalue weighted by atomic mass is 9.83. The molecule has 1 nitrogen and oxygen atoms in total. The van der Waals surface area contributed by atoms with E-state index in [0.29, 0.717) is 6.04 Å². The molecular formula is C19H30FN. The van der Waals surface area contributed by atoms with Crippen molar-refractivity contribution in [2.75, 3.05) is 6.54 Å². The van der Waals surface area contributed by atoms with E-state index in [9.17, 15) is 4.39 Å². The van der Waals surface area contributed by atoms with Gasteiger partial charge in [0.05, 0.1) is 0 Å². The predicted octanol–water partition coefficient (Wildman–Crippen LogP) is 5.02. The Hall–Kier alpha value is -0.890. The normalized spacial score (nSPS) is 17.9. The second-order valence-corrected chi connectivity index (χ2v) is 6.67. The van der Waals surface area contributed by atoms with E-state index in [0.717, 1.165) is 25.3 Å². The maximum atomic E-state index is 13.5. The monoisotopic (exact) mass is 291 g/mol. The van der Waals surface area contributed by atoms with Crippen molar-refractivity contribution in [2.45, 2.75) is 71.3 Å². The van der Waals surface area contributed by atoms with Gasteiger partial charge in [0.15, 0.2) is 0 Å². The van der Waals surface area contributed by atoms with Crippen LogP contribution in [0.25, 0.3) is 0 Å². The summed E-state index contributed by atoms with van der Waals surface area (Å²) < 4.78 is 13.5. The first-order valence-corrected chi connectivity index (χ1v) is 8.67. The Morgan fingerprint density at radius 2 is 2.00 bits per heavy atom. The summed E-state index contributed by atoms with van der Waals surface area (Å²) in [7, 11) is 0. The number of rotatable bonds is 7. The lowest BCUT2D eigenvalue weighted by Crippen LogP contribution is -2.34. The first kappa shape index (κ1) is 16.5. The Morgan fingerprint density at radius 1 is 1.24 bits per heavy atom. The van der Waals surface area contributed by atoms with Crippen LogP contribution in [0.4, 0.5) is 4.39 Å². The topological polar surface area (TPSA) is 12.0 Å². The van der Waals surface area contributed by atoms with Gasteiger partial charge in [-0.25, -0.2) is 4.39 Å².